The first-order chi connectivity index (χ1) is 12.8. The van der Waals surface area contributed by atoms with E-state index in [2.05, 4.69) is 45.3 Å². The molecule has 2 aromatic carbocycles. The lowest BCUT2D eigenvalue weighted by molar-refractivity contribution is 0.593. The average molecular weight is 339 g/mol. The van der Waals surface area contributed by atoms with E-state index < -0.39 is 0 Å². The Hall–Kier alpha value is -3.53. The maximum atomic E-state index is 6.13. The number of imidazole rings is 1. The van der Waals surface area contributed by atoms with Crippen LogP contribution in [0.15, 0.2) is 77.3 Å². The van der Waals surface area contributed by atoms with Crippen molar-refractivity contribution in [2.45, 2.75) is 6.92 Å². The van der Waals surface area contributed by atoms with Gasteiger partial charge < -0.3 is 14.4 Å². The van der Waals surface area contributed by atoms with Gasteiger partial charge in [0.05, 0.1) is 11.4 Å². The molecule has 0 radical (unpaired) electrons. The van der Waals surface area contributed by atoms with Gasteiger partial charge in [-0.1, -0.05) is 42.5 Å². The highest BCUT2D eigenvalue weighted by atomic mass is 16.3. The lowest BCUT2D eigenvalue weighted by Gasteiger charge is -1.99. The molecule has 0 saturated carbocycles. The number of nitrogens with zero attached hydrogens (tertiary/aromatic N) is 1. The van der Waals surface area contributed by atoms with Crippen molar-refractivity contribution in [2.24, 2.45) is 0 Å². The van der Waals surface area contributed by atoms with Crippen LogP contribution >= 0.6 is 0 Å². The second-order valence-electron chi connectivity index (χ2n) is 6.32. The first-order valence-electron chi connectivity index (χ1n) is 8.58. The lowest BCUT2D eigenvalue weighted by atomic mass is 10.1. The summed E-state index contributed by atoms with van der Waals surface area (Å²) in [6.45, 7) is 2.01. The summed E-state index contributed by atoms with van der Waals surface area (Å²) in [6, 6.07) is 22.4. The van der Waals surface area contributed by atoms with Crippen LogP contribution in [0.5, 0.6) is 0 Å². The zero-order valence-corrected chi connectivity index (χ0v) is 14.3. The second kappa shape index (κ2) is 5.77. The molecule has 4 nitrogen and oxygen atoms in total. The molecule has 0 aliphatic rings. The summed E-state index contributed by atoms with van der Waals surface area (Å²) in [5.74, 6) is 2.31. The molecule has 5 aromatic rings. The molecule has 0 bridgehead atoms. The molecule has 0 aliphatic carbocycles. The normalized spacial score (nSPS) is 11.3. The predicted octanol–water partition coefficient (Wildman–Crippen LogP) is 5.79. The fraction of sp³-hybridized carbons (Fsp3) is 0.0455. The standard InChI is InChI=1S/C22H17N3O/c1-14-21(15-6-3-2-4-7-15)25-22(24-14)20-11-10-19(26-20)17-8-5-9-18-16(17)12-13-23-18/h2-13,23H,1H3,(H,24,25). The van der Waals surface area contributed by atoms with Crippen molar-refractivity contribution in [3.8, 4) is 34.2 Å². The van der Waals surface area contributed by atoms with Gasteiger partial charge in [0.1, 0.15) is 5.76 Å². The molecule has 0 amide bonds. The Balaban J connectivity index is 1.56. The number of hydrogen-bond donors (Lipinski definition) is 2. The van der Waals surface area contributed by atoms with Crippen LogP contribution in [0.25, 0.3) is 45.1 Å². The Labute approximate surface area is 150 Å². The molecule has 0 saturated heterocycles. The molecular formula is C22H17N3O. The van der Waals surface area contributed by atoms with E-state index in [1.807, 2.05) is 49.5 Å². The van der Waals surface area contributed by atoms with E-state index >= 15 is 0 Å². The van der Waals surface area contributed by atoms with Crippen LogP contribution in [-0.2, 0) is 0 Å². The van der Waals surface area contributed by atoms with Gasteiger partial charge in [0, 0.05) is 22.7 Å². The first kappa shape index (κ1) is 14.8. The number of benzene rings is 2. The van der Waals surface area contributed by atoms with Gasteiger partial charge in [0.25, 0.3) is 0 Å². The first-order valence-corrected chi connectivity index (χ1v) is 8.58. The highest BCUT2D eigenvalue weighted by Gasteiger charge is 2.15. The number of furan rings is 1. The van der Waals surface area contributed by atoms with E-state index in [4.69, 9.17) is 4.42 Å². The molecule has 26 heavy (non-hydrogen) atoms. The van der Waals surface area contributed by atoms with Crippen molar-refractivity contribution < 1.29 is 4.42 Å². The van der Waals surface area contributed by atoms with E-state index in [1.165, 1.54) is 0 Å². The summed E-state index contributed by atoms with van der Waals surface area (Å²) in [7, 11) is 0. The van der Waals surface area contributed by atoms with Crippen LogP contribution in [0.4, 0.5) is 0 Å². The molecule has 0 fully saturated rings. The lowest BCUT2D eigenvalue weighted by Crippen LogP contribution is -1.80. The van der Waals surface area contributed by atoms with Crippen LogP contribution in [0, 0.1) is 6.92 Å². The monoisotopic (exact) mass is 339 g/mol. The number of nitrogens with one attached hydrogen (secondary N) is 2. The minimum Gasteiger partial charge on any atom is -0.453 e. The molecule has 5 rings (SSSR count). The highest BCUT2D eigenvalue weighted by Crippen LogP contribution is 2.33. The summed E-state index contributed by atoms with van der Waals surface area (Å²) < 4.78 is 6.13. The molecule has 0 unspecified atom stereocenters. The molecule has 4 heteroatoms. The van der Waals surface area contributed by atoms with Crippen molar-refractivity contribution in [1.82, 2.24) is 15.0 Å². The van der Waals surface area contributed by atoms with E-state index in [1.54, 1.807) is 0 Å². The molecule has 3 heterocycles. The van der Waals surface area contributed by atoms with Crippen molar-refractivity contribution in [3.63, 3.8) is 0 Å². The predicted molar refractivity (Wildman–Crippen MR) is 104 cm³/mol. The van der Waals surface area contributed by atoms with Gasteiger partial charge in [0.2, 0.25) is 0 Å². The van der Waals surface area contributed by atoms with E-state index in [0.29, 0.717) is 0 Å². The van der Waals surface area contributed by atoms with Gasteiger partial charge in [-0.25, -0.2) is 4.98 Å². The topological polar surface area (TPSA) is 57.6 Å². The average Bonchev–Trinajstić information content (AvgIpc) is 3.41. The number of fused-ring (bicyclic) bond motifs is 1. The highest BCUT2D eigenvalue weighted by molar-refractivity contribution is 5.93. The summed E-state index contributed by atoms with van der Waals surface area (Å²) in [4.78, 5) is 11.3. The Bertz CT molecular complexity index is 1190. The van der Waals surface area contributed by atoms with Crippen molar-refractivity contribution >= 4 is 10.9 Å². The van der Waals surface area contributed by atoms with E-state index in [-0.39, 0.29) is 0 Å². The van der Waals surface area contributed by atoms with Gasteiger partial charge in [-0.2, -0.15) is 0 Å². The summed E-state index contributed by atoms with van der Waals surface area (Å²) in [5, 5.41) is 1.15. The van der Waals surface area contributed by atoms with Gasteiger partial charge in [-0.3, -0.25) is 0 Å². The van der Waals surface area contributed by atoms with Crippen molar-refractivity contribution in [3.05, 3.63) is 78.6 Å². The zero-order valence-electron chi connectivity index (χ0n) is 14.3. The molecule has 0 atom stereocenters. The second-order valence-corrected chi connectivity index (χ2v) is 6.32. The minimum atomic E-state index is 0.734. The van der Waals surface area contributed by atoms with E-state index in [0.717, 1.165) is 50.8 Å². The number of rotatable bonds is 3. The van der Waals surface area contributed by atoms with Crippen LogP contribution in [0.1, 0.15) is 5.69 Å². The van der Waals surface area contributed by atoms with Gasteiger partial charge in [-0.05, 0) is 36.8 Å². The Morgan fingerprint density at radius 3 is 2.58 bits per heavy atom. The van der Waals surface area contributed by atoms with Gasteiger partial charge in [-0.15, -0.1) is 0 Å². The number of aromatic nitrogens is 3. The van der Waals surface area contributed by atoms with Crippen LogP contribution in [0.2, 0.25) is 0 Å². The summed E-state index contributed by atoms with van der Waals surface area (Å²) >= 11 is 0. The fourth-order valence-electron chi connectivity index (χ4n) is 3.37. The third-order valence-electron chi connectivity index (χ3n) is 4.65. The number of hydrogen-bond acceptors (Lipinski definition) is 2. The smallest absolute Gasteiger partial charge is 0.174 e. The van der Waals surface area contributed by atoms with E-state index in [9.17, 15) is 0 Å². The number of aryl methyl sites for hydroxylation is 1. The quantitative estimate of drug-likeness (QED) is 0.437. The molecule has 0 spiro atoms. The molecule has 0 aliphatic heterocycles. The largest absolute Gasteiger partial charge is 0.453 e. The van der Waals surface area contributed by atoms with Crippen LogP contribution in [0.3, 0.4) is 0 Å². The number of aromatic amines is 2. The van der Waals surface area contributed by atoms with Crippen molar-refractivity contribution in [2.75, 3.05) is 0 Å². The third kappa shape index (κ3) is 2.35. The minimum absolute atomic E-state index is 0.734. The van der Waals surface area contributed by atoms with Gasteiger partial charge in [0.15, 0.2) is 11.6 Å². The number of H-pyrrole nitrogens is 2. The zero-order chi connectivity index (χ0) is 17.5. The van der Waals surface area contributed by atoms with Gasteiger partial charge >= 0.3 is 0 Å². The molecule has 3 aromatic heterocycles. The maximum absolute atomic E-state index is 6.13. The molecular weight excluding hydrogens is 322 g/mol. The Morgan fingerprint density at radius 2 is 1.69 bits per heavy atom. The maximum Gasteiger partial charge on any atom is 0.174 e. The van der Waals surface area contributed by atoms with Crippen LogP contribution < -0.4 is 0 Å². The summed E-state index contributed by atoms with van der Waals surface area (Å²) in [5.41, 5.74) is 5.26. The van der Waals surface area contributed by atoms with Crippen LogP contribution in [-0.4, -0.2) is 15.0 Å². The summed E-state index contributed by atoms with van der Waals surface area (Å²) in [6.07, 6.45) is 1.94. The Kier molecular flexibility index (Phi) is 3.28. The molecule has 126 valence electrons. The molecule has 2 N–H and O–H groups in total. The SMILES string of the molecule is Cc1nc(-c2ccc(-c3cccc4[nH]ccc34)o2)[nH]c1-c1ccccc1. The fourth-order valence-corrected chi connectivity index (χ4v) is 3.37. The Morgan fingerprint density at radius 1 is 0.846 bits per heavy atom. The van der Waals surface area contributed by atoms with Crippen molar-refractivity contribution in [1.29, 1.82) is 0 Å². The third-order valence-corrected chi connectivity index (χ3v) is 4.65.